The maximum Gasteiger partial charge on any atom is 0.326 e. The van der Waals surface area contributed by atoms with Crippen LogP contribution in [0.2, 0.25) is 0 Å². The Balaban J connectivity index is 2.80. The number of benzene rings is 1. The molecule has 0 aliphatic heterocycles. The average Bonchev–Trinajstić information content (AvgIpc) is 2.42. The molecule has 0 aliphatic rings. The van der Waals surface area contributed by atoms with Gasteiger partial charge in [0.2, 0.25) is 5.91 Å². The fourth-order valence-corrected chi connectivity index (χ4v) is 1.83. The lowest BCUT2D eigenvalue weighted by Crippen LogP contribution is -2.41. The van der Waals surface area contributed by atoms with E-state index >= 15 is 0 Å². The van der Waals surface area contributed by atoms with E-state index in [9.17, 15) is 14.4 Å². The molecule has 6 heteroatoms. The molecular weight excluding hydrogens is 260 g/mol. The van der Waals surface area contributed by atoms with Crippen LogP contribution in [0.3, 0.4) is 0 Å². The standard InChI is InChI=1S/C14H18N2O4/c1-2-9-5-3-4-6-10(9)13(18)16-11(14(19)20)7-8-12(15)17/h3-6,11H,2,7-8H2,1H3,(H2,15,17)(H,16,18)(H,19,20). The predicted molar refractivity (Wildman–Crippen MR) is 73.1 cm³/mol. The molecule has 108 valence electrons. The van der Waals surface area contributed by atoms with Gasteiger partial charge in [0.1, 0.15) is 6.04 Å². The van der Waals surface area contributed by atoms with Crippen LogP contribution < -0.4 is 11.1 Å². The third-order valence-corrected chi connectivity index (χ3v) is 2.93. The number of carbonyl (C=O) groups is 3. The number of aryl methyl sites for hydroxylation is 1. The number of nitrogens with two attached hydrogens (primary N) is 1. The van der Waals surface area contributed by atoms with Gasteiger partial charge in [0.05, 0.1) is 0 Å². The van der Waals surface area contributed by atoms with Crippen LogP contribution in [-0.4, -0.2) is 28.9 Å². The largest absolute Gasteiger partial charge is 0.480 e. The number of amides is 2. The van der Waals surface area contributed by atoms with Gasteiger partial charge in [0.15, 0.2) is 0 Å². The van der Waals surface area contributed by atoms with E-state index in [2.05, 4.69) is 5.32 Å². The number of carboxylic acid groups (broad SMARTS) is 1. The minimum Gasteiger partial charge on any atom is -0.480 e. The van der Waals surface area contributed by atoms with Crippen LogP contribution in [0.5, 0.6) is 0 Å². The van der Waals surface area contributed by atoms with Crippen LogP contribution in [0.4, 0.5) is 0 Å². The van der Waals surface area contributed by atoms with Crippen LogP contribution in [0.1, 0.15) is 35.7 Å². The van der Waals surface area contributed by atoms with Gasteiger partial charge in [0, 0.05) is 12.0 Å². The number of rotatable bonds is 7. The van der Waals surface area contributed by atoms with Crippen molar-refractivity contribution in [1.29, 1.82) is 0 Å². The van der Waals surface area contributed by atoms with Gasteiger partial charge in [-0.25, -0.2) is 4.79 Å². The van der Waals surface area contributed by atoms with Crippen molar-refractivity contribution in [3.8, 4) is 0 Å². The van der Waals surface area contributed by atoms with Gasteiger partial charge >= 0.3 is 5.97 Å². The van der Waals surface area contributed by atoms with Crippen molar-refractivity contribution in [3.63, 3.8) is 0 Å². The van der Waals surface area contributed by atoms with Crippen molar-refractivity contribution < 1.29 is 19.5 Å². The Hall–Kier alpha value is -2.37. The van der Waals surface area contributed by atoms with Crippen LogP contribution in [0.15, 0.2) is 24.3 Å². The van der Waals surface area contributed by atoms with Crippen LogP contribution in [0, 0.1) is 0 Å². The van der Waals surface area contributed by atoms with Crippen LogP contribution in [0.25, 0.3) is 0 Å². The van der Waals surface area contributed by atoms with Gasteiger partial charge in [0.25, 0.3) is 5.91 Å². The molecule has 0 fully saturated rings. The lowest BCUT2D eigenvalue weighted by molar-refractivity contribution is -0.139. The summed E-state index contributed by atoms with van der Waals surface area (Å²) in [6, 6.07) is 5.86. The highest BCUT2D eigenvalue weighted by atomic mass is 16.4. The zero-order valence-electron chi connectivity index (χ0n) is 11.3. The quantitative estimate of drug-likeness (QED) is 0.681. The summed E-state index contributed by atoms with van der Waals surface area (Å²) in [5.74, 6) is -2.24. The molecule has 4 N–H and O–H groups in total. The molecule has 0 spiro atoms. The van der Waals surface area contributed by atoms with Gasteiger partial charge in [-0.1, -0.05) is 25.1 Å². The van der Waals surface area contributed by atoms with E-state index in [0.717, 1.165) is 5.56 Å². The molecule has 1 atom stereocenters. The number of carbonyl (C=O) groups excluding carboxylic acids is 2. The summed E-state index contributed by atoms with van der Waals surface area (Å²) in [5.41, 5.74) is 6.27. The maximum atomic E-state index is 12.1. The lowest BCUT2D eigenvalue weighted by atomic mass is 10.0. The van der Waals surface area contributed by atoms with E-state index < -0.39 is 23.8 Å². The van der Waals surface area contributed by atoms with Gasteiger partial charge in [-0.05, 0) is 24.5 Å². The van der Waals surface area contributed by atoms with Crippen molar-refractivity contribution in [1.82, 2.24) is 5.32 Å². The number of carboxylic acids is 1. The molecule has 1 rings (SSSR count). The smallest absolute Gasteiger partial charge is 0.326 e. The second-order valence-corrected chi connectivity index (χ2v) is 4.38. The van der Waals surface area contributed by atoms with Crippen molar-refractivity contribution in [2.45, 2.75) is 32.2 Å². The van der Waals surface area contributed by atoms with E-state index in [1.807, 2.05) is 19.1 Å². The fourth-order valence-electron chi connectivity index (χ4n) is 1.83. The summed E-state index contributed by atoms with van der Waals surface area (Å²) in [7, 11) is 0. The Morgan fingerprint density at radius 2 is 1.95 bits per heavy atom. The monoisotopic (exact) mass is 278 g/mol. The third-order valence-electron chi connectivity index (χ3n) is 2.93. The van der Waals surface area contributed by atoms with Crippen molar-refractivity contribution in [3.05, 3.63) is 35.4 Å². The molecule has 20 heavy (non-hydrogen) atoms. The number of hydrogen-bond donors (Lipinski definition) is 3. The van der Waals surface area contributed by atoms with Gasteiger partial charge < -0.3 is 16.2 Å². The van der Waals surface area contributed by atoms with Crippen molar-refractivity contribution >= 4 is 17.8 Å². The number of primary amides is 1. The first-order valence-corrected chi connectivity index (χ1v) is 6.35. The number of nitrogens with one attached hydrogen (secondary N) is 1. The van der Waals surface area contributed by atoms with Gasteiger partial charge in [-0.3, -0.25) is 9.59 Å². The molecule has 2 amide bonds. The SMILES string of the molecule is CCc1ccccc1C(=O)NC(CCC(N)=O)C(=O)O. The summed E-state index contributed by atoms with van der Waals surface area (Å²) < 4.78 is 0. The maximum absolute atomic E-state index is 12.1. The fraction of sp³-hybridized carbons (Fsp3) is 0.357. The van der Waals surface area contributed by atoms with Crippen molar-refractivity contribution in [2.75, 3.05) is 0 Å². The highest BCUT2D eigenvalue weighted by Crippen LogP contribution is 2.10. The minimum absolute atomic E-state index is 0.0231. The van der Waals surface area contributed by atoms with Gasteiger partial charge in [-0.2, -0.15) is 0 Å². The second kappa shape index (κ2) is 7.28. The van der Waals surface area contributed by atoms with Crippen molar-refractivity contribution in [2.24, 2.45) is 5.73 Å². The van der Waals surface area contributed by atoms with E-state index in [1.54, 1.807) is 12.1 Å². The molecule has 1 unspecified atom stereocenters. The molecule has 0 aromatic heterocycles. The lowest BCUT2D eigenvalue weighted by Gasteiger charge is -2.15. The number of hydrogen-bond acceptors (Lipinski definition) is 3. The predicted octanol–water partition coefficient (Wildman–Crippen LogP) is 0.697. The highest BCUT2D eigenvalue weighted by Gasteiger charge is 2.22. The van der Waals surface area contributed by atoms with E-state index in [-0.39, 0.29) is 12.8 Å². The Morgan fingerprint density at radius 3 is 2.50 bits per heavy atom. The summed E-state index contributed by atoms with van der Waals surface area (Å²) >= 11 is 0. The molecular formula is C14H18N2O4. The Labute approximate surface area is 117 Å². The molecule has 0 aliphatic carbocycles. The topological polar surface area (TPSA) is 109 Å². The molecule has 1 aromatic rings. The zero-order valence-corrected chi connectivity index (χ0v) is 11.3. The first kappa shape index (κ1) is 15.7. The summed E-state index contributed by atoms with van der Waals surface area (Å²) in [6.07, 6.45) is 0.556. The van der Waals surface area contributed by atoms with Gasteiger partial charge in [-0.15, -0.1) is 0 Å². The molecule has 0 radical (unpaired) electrons. The number of aliphatic carboxylic acids is 1. The average molecular weight is 278 g/mol. The first-order valence-electron chi connectivity index (χ1n) is 6.35. The Kier molecular flexibility index (Phi) is 5.71. The summed E-state index contributed by atoms with van der Waals surface area (Å²) in [4.78, 5) is 33.9. The zero-order chi connectivity index (χ0) is 15.1. The first-order chi connectivity index (χ1) is 9.45. The Bertz CT molecular complexity index is 514. The molecule has 0 saturated heterocycles. The second-order valence-electron chi connectivity index (χ2n) is 4.38. The molecule has 0 heterocycles. The summed E-state index contributed by atoms with van der Waals surface area (Å²) in [6.45, 7) is 1.91. The molecule has 1 aromatic carbocycles. The summed E-state index contributed by atoms with van der Waals surface area (Å²) in [5, 5.41) is 11.5. The molecule has 6 nitrogen and oxygen atoms in total. The normalized spacial score (nSPS) is 11.7. The minimum atomic E-state index is -1.19. The molecule has 0 saturated carbocycles. The Morgan fingerprint density at radius 1 is 1.30 bits per heavy atom. The molecule has 0 bridgehead atoms. The van der Waals surface area contributed by atoms with Crippen LogP contribution in [-0.2, 0) is 16.0 Å². The van der Waals surface area contributed by atoms with E-state index in [0.29, 0.717) is 12.0 Å². The van der Waals surface area contributed by atoms with Crippen LogP contribution >= 0.6 is 0 Å². The van der Waals surface area contributed by atoms with E-state index in [4.69, 9.17) is 10.8 Å². The third kappa shape index (κ3) is 4.38. The highest BCUT2D eigenvalue weighted by molar-refractivity contribution is 5.97. The van der Waals surface area contributed by atoms with E-state index in [1.165, 1.54) is 0 Å².